The van der Waals surface area contributed by atoms with Gasteiger partial charge in [-0.1, -0.05) is 30.3 Å². The molecular weight excluding hydrogens is 244 g/mol. The number of aliphatic carboxylic acids is 1. The molecule has 1 rings (SSSR count). The topological polar surface area (TPSA) is 69.6 Å². The van der Waals surface area contributed by atoms with Crippen molar-refractivity contribution in [3.05, 3.63) is 35.9 Å². The zero-order chi connectivity index (χ0) is 14.3. The predicted molar refractivity (Wildman–Crippen MR) is 73.0 cm³/mol. The normalized spacial score (nSPS) is 11.7. The van der Waals surface area contributed by atoms with Gasteiger partial charge in [0.15, 0.2) is 0 Å². The molecule has 1 unspecified atom stereocenters. The van der Waals surface area contributed by atoms with Crippen LogP contribution in [0, 0.1) is 0 Å². The number of benzene rings is 1. The monoisotopic (exact) mass is 264 g/mol. The minimum Gasteiger partial charge on any atom is -0.480 e. The fourth-order valence-electron chi connectivity index (χ4n) is 1.70. The summed E-state index contributed by atoms with van der Waals surface area (Å²) < 4.78 is 0. The Morgan fingerprint density at radius 3 is 2.53 bits per heavy atom. The summed E-state index contributed by atoms with van der Waals surface area (Å²) in [6, 6.07) is 9.68. The van der Waals surface area contributed by atoms with Crippen molar-refractivity contribution in [2.75, 3.05) is 13.6 Å². The lowest BCUT2D eigenvalue weighted by Gasteiger charge is -2.19. The van der Waals surface area contributed by atoms with Crippen LogP contribution in [0.3, 0.4) is 0 Å². The molecule has 0 saturated heterocycles. The Bertz CT molecular complexity index is 420. The molecule has 0 saturated carbocycles. The molecule has 19 heavy (non-hydrogen) atoms. The van der Waals surface area contributed by atoms with Gasteiger partial charge in [-0.25, -0.2) is 4.79 Å². The summed E-state index contributed by atoms with van der Waals surface area (Å²) in [6.07, 6.45) is 1.70. The number of hydrogen-bond donors (Lipinski definition) is 2. The van der Waals surface area contributed by atoms with E-state index in [0.29, 0.717) is 0 Å². The smallest absolute Gasteiger partial charge is 0.323 e. The molecule has 0 heterocycles. The molecule has 2 amide bonds. The van der Waals surface area contributed by atoms with Gasteiger partial charge < -0.3 is 15.3 Å². The van der Waals surface area contributed by atoms with Gasteiger partial charge in [-0.2, -0.15) is 0 Å². The summed E-state index contributed by atoms with van der Waals surface area (Å²) in [5.74, 6) is -1.02. The third-order valence-corrected chi connectivity index (χ3v) is 2.80. The maximum Gasteiger partial charge on any atom is 0.323 e. The van der Waals surface area contributed by atoms with Crippen molar-refractivity contribution in [2.24, 2.45) is 0 Å². The average Bonchev–Trinajstić information content (AvgIpc) is 2.36. The second-order valence-electron chi connectivity index (χ2n) is 4.62. The molecule has 1 aromatic carbocycles. The van der Waals surface area contributed by atoms with E-state index in [1.54, 1.807) is 0 Å². The van der Waals surface area contributed by atoms with Crippen LogP contribution in [0.2, 0.25) is 0 Å². The molecule has 1 aromatic rings. The predicted octanol–water partition coefficient (Wildman–Crippen LogP) is 1.73. The Morgan fingerprint density at radius 2 is 1.95 bits per heavy atom. The summed E-state index contributed by atoms with van der Waals surface area (Å²) >= 11 is 0. The van der Waals surface area contributed by atoms with Crippen molar-refractivity contribution in [3.63, 3.8) is 0 Å². The van der Waals surface area contributed by atoms with Gasteiger partial charge in [-0.05, 0) is 25.3 Å². The summed E-state index contributed by atoms with van der Waals surface area (Å²) in [6.45, 7) is 1.62. The minimum absolute atomic E-state index is 0.00366. The van der Waals surface area contributed by atoms with Gasteiger partial charge in [-0.3, -0.25) is 4.79 Å². The van der Waals surface area contributed by atoms with Gasteiger partial charge in [0.2, 0.25) is 0 Å². The van der Waals surface area contributed by atoms with Crippen molar-refractivity contribution in [1.82, 2.24) is 10.2 Å². The van der Waals surface area contributed by atoms with Crippen molar-refractivity contribution in [3.8, 4) is 0 Å². The fraction of sp³-hybridized carbons (Fsp3) is 0.429. The number of nitrogens with zero attached hydrogens (tertiary/aromatic N) is 1. The van der Waals surface area contributed by atoms with E-state index in [0.717, 1.165) is 17.7 Å². The quantitative estimate of drug-likeness (QED) is 0.822. The van der Waals surface area contributed by atoms with E-state index in [1.807, 2.05) is 37.3 Å². The Balaban J connectivity index is 2.32. The number of aryl methyl sites for hydroxylation is 1. The van der Waals surface area contributed by atoms with Crippen LogP contribution in [-0.2, 0) is 11.2 Å². The fourth-order valence-corrected chi connectivity index (χ4v) is 1.70. The highest BCUT2D eigenvalue weighted by molar-refractivity contribution is 5.79. The van der Waals surface area contributed by atoms with Gasteiger partial charge in [-0.15, -0.1) is 0 Å². The van der Waals surface area contributed by atoms with Crippen LogP contribution in [0.1, 0.15) is 18.9 Å². The molecule has 1 atom stereocenters. The highest BCUT2D eigenvalue weighted by Crippen LogP contribution is 2.05. The van der Waals surface area contributed by atoms with Crippen LogP contribution >= 0.6 is 0 Å². The standard InChI is InChI=1S/C14H20N2O3/c1-11(8-9-12-6-4-3-5-7-12)15-14(19)16(2)10-13(17)18/h3-7,11H,8-10H2,1-2H3,(H,15,19)(H,17,18). The van der Waals surface area contributed by atoms with Crippen LogP contribution in [0.5, 0.6) is 0 Å². The van der Waals surface area contributed by atoms with Crippen LogP contribution in [-0.4, -0.2) is 41.6 Å². The molecule has 0 aromatic heterocycles. The Labute approximate surface area is 113 Å². The summed E-state index contributed by atoms with van der Waals surface area (Å²) in [7, 11) is 1.47. The van der Waals surface area contributed by atoms with E-state index >= 15 is 0 Å². The van der Waals surface area contributed by atoms with Crippen molar-refractivity contribution in [2.45, 2.75) is 25.8 Å². The largest absolute Gasteiger partial charge is 0.480 e. The first kappa shape index (κ1) is 15.0. The van der Waals surface area contributed by atoms with E-state index < -0.39 is 5.97 Å². The number of carboxylic acids is 1. The van der Waals surface area contributed by atoms with Crippen LogP contribution in [0.15, 0.2) is 30.3 Å². The molecule has 0 fully saturated rings. The minimum atomic E-state index is -1.02. The maximum absolute atomic E-state index is 11.7. The Hall–Kier alpha value is -2.04. The van der Waals surface area contributed by atoms with Gasteiger partial charge in [0.25, 0.3) is 0 Å². The van der Waals surface area contributed by atoms with E-state index in [9.17, 15) is 9.59 Å². The zero-order valence-corrected chi connectivity index (χ0v) is 11.3. The first-order chi connectivity index (χ1) is 8.99. The molecule has 0 radical (unpaired) electrons. The molecule has 104 valence electrons. The van der Waals surface area contributed by atoms with E-state index in [2.05, 4.69) is 5.32 Å². The van der Waals surface area contributed by atoms with Gasteiger partial charge in [0.1, 0.15) is 6.54 Å². The maximum atomic E-state index is 11.7. The Kier molecular flexibility index (Phi) is 5.85. The number of nitrogens with one attached hydrogen (secondary N) is 1. The highest BCUT2D eigenvalue weighted by atomic mass is 16.4. The highest BCUT2D eigenvalue weighted by Gasteiger charge is 2.14. The van der Waals surface area contributed by atoms with Gasteiger partial charge >= 0.3 is 12.0 Å². The molecule has 0 bridgehead atoms. The number of rotatable bonds is 6. The summed E-state index contributed by atoms with van der Waals surface area (Å²) in [5, 5.41) is 11.4. The molecular formula is C14H20N2O3. The number of carbonyl (C=O) groups is 2. The number of carboxylic acid groups (broad SMARTS) is 1. The molecule has 0 aliphatic heterocycles. The lowest BCUT2D eigenvalue weighted by atomic mass is 10.1. The summed E-state index contributed by atoms with van der Waals surface area (Å²) in [5.41, 5.74) is 1.22. The molecule has 5 heteroatoms. The lowest BCUT2D eigenvalue weighted by Crippen LogP contribution is -2.43. The Morgan fingerprint density at radius 1 is 1.32 bits per heavy atom. The average molecular weight is 264 g/mol. The van der Waals surface area contributed by atoms with Gasteiger partial charge in [0.05, 0.1) is 0 Å². The SMILES string of the molecule is CC(CCc1ccccc1)NC(=O)N(C)CC(=O)O. The number of hydrogen-bond acceptors (Lipinski definition) is 2. The van der Waals surface area contributed by atoms with E-state index in [1.165, 1.54) is 12.6 Å². The molecule has 2 N–H and O–H groups in total. The molecule has 5 nitrogen and oxygen atoms in total. The van der Waals surface area contributed by atoms with E-state index in [4.69, 9.17) is 5.11 Å². The second kappa shape index (κ2) is 7.41. The van der Waals surface area contributed by atoms with Crippen molar-refractivity contribution < 1.29 is 14.7 Å². The van der Waals surface area contributed by atoms with Crippen LogP contribution < -0.4 is 5.32 Å². The first-order valence-electron chi connectivity index (χ1n) is 6.26. The molecule has 0 aliphatic carbocycles. The zero-order valence-electron chi connectivity index (χ0n) is 11.3. The van der Waals surface area contributed by atoms with Crippen LogP contribution in [0.25, 0.3) is 0 Å². The first-order valence-corrected chi connectivity index (χ1v) is 6.26. The third-order valence-electron chi connectivity index (χ3n) is 2.80. The van der Waals surface area contributed by atoms with Crippen LogP contribution in [0.4, 0.5) is 4.79 Å². The van der Waals surface area contributed by atoms with Crippen molar-refractivity contribution in [1.29, 1.82) is 0 Å². The molecule has 0 aliphatic rings. The number of likely N-dealkylation sites (N-methyl/N-ethyl adjacent to an activating group) is 1. The third kappa shape index (κ3) is 5.90. The lowest BCUT2D eigenvalue weighted by molar-refractivity contribution is -0.137. The number of carbonyl (C=O) groups excluding carboxylic acids is 1. The van der Waals surface area contributed by atoms with Crippen molar-refractivity contribution >= 4 is 12.0 Å². The van der Waals surface area contributed by atoms with Gasteiger partial charge in [0, 0.05) is 13.1 Å². The molecule has 0 spiro atoms. The summed E-state index contributed by atoms with van der Waals surface area (Å²) in [4.78, 5) is 23.3. The second-order valence-corrected chi connectivity index (χ2v) is 4.62. The number of amides is 2. The van der Waals surface area contributed by atoms with E-state index in [-0.39, 0.29) is 18.6 Å². The number of urea groups is 1.